The van der Waals surface area contributed by atoms with Gasteiger partial charge in [-0.15, -0.1) is 0 Å². The third-order valence-electron chi connectivity index (χ3n) is 2.78. The maximum atomic E-state index is 9.12. The van der Waals surface area contributed by atoms with Crippen molar-refractivity contribution in [2.45, 2.75) is 0 Å². The lowest BCUT2D eigenvalue weighted by Gasteiger charge is -2.38. The average molecular weight is 281 g/mol. The zero-order valence-corrected chi connectivity index (χ0v) is 10.7. The van der Waals surface area contributed by atoms with Crippen LogP contribution in [0.5, 0.6) is 0 Å². The number of nitriles is 1. The van der Waals surface area contributed by atoms with Crippen LogP contribution in [-0.4, -0.2) is 26.8 Å². The van der Waals surface area contributed by atoms with E-state index in [0.29, 0.717) is 19.8 Å². The fraction of sp³-hybridized carbons (Fsp3) is 0.417. The predicted molar refractivity (Wildman–Crippen MR) is 66.3 cm³/mol. The largest absolute Gasteiger partial charge is 0.378 e. The molecule has 3 nitrogen and oxygen atoms in total. The Kier molecular flexibility index (Phi) is 3.17. The smallest absolute Gasteiger partial charge is 0.121 e. The van der Waals surface area contributed by atoms with Crippen LogP contribution < -0.4 is 4.90 Å². The molecule has 0 bridgehead atoms. The number of halogens is 1. The Labute approximate surface area is 104 Å². The molecule has 1 aliphatic heterocycles. The molecule has 0 atom stereocenters. The summed E-state index contributed by atoms with van der Waals surface area (Å²) in [4.78, 5) is 2.09. The van der Waals surface area contributed by atoms with E-state index in [2.05, 4.69) is 26.9 Å². The summed E-state index contributed by atoms with van der Waals surface area (Å²) in [5, 5.41) is 9.12. The number of ether oxygens (including phenoxy) is 1. The molecule has 1 heterocycles. The van der Waals surface area contributed by atoms with Crippen molar-refractivity contribution in [2.75, 3.05) is 31.7 Å². The summed E-state index contributed by atoms with van der Waals surface area (Å²) < 4.78 is 6.18. The molecule has 1 aromatic rings. The van der Waals surface area contributed by atoms with Crippen molar-refractivity contribution in [1.29, 1.82) is 5.26 Å². The van der Waals surface area contributed by atoms with Gasteiger partial charge in [0.1, 0.15) is 5.41 Å². The van der Waals surface area contributed by atoms with Crippen molar-refractivity contribution in [2.24, 2.45) is 5.41 Å². The van der Waals surface area contributed by atoms with Crippen LogP contribution >= 0.6 is 15.9 Å². The van der Waals surface area contributed by atoms with E-state index in [4.69, 9.17) is 10.00 Å². The molecule has 0 aliphatic carbocycles. The van der Waals surface area contributed by atoms with Crippen LogP contribution in [0.4, 0.5) is 5.69 Å². The van der Waals surface area contributed by atoms with E-state index in [1.54, 1.807) is 0 Å². The summed E-state index contributed by atoms with van der Waals surface area (Å²) in [5.74, 6) is 0. The molecule has 0 aromatic heterocycles. The number of anilines is 1. The minimum atomic E-state index is -0.322. The number of benzene rings is 1. The molecule has 84 valence electrons. The van der Waals surface area contributed by atoms with Crippen LogP contribution in [0, 0.1) is 16.7 Å². The first-order chi connectivity index (χ1) is 7.65. The fourth-order valence-corrected chi connectivity index (χ4v) is 2.19. The second-order valence-corrected chi connectivity index (χ2v) is 5.14. The molecule has 0 radical (unpaired) electrons. The molecule has 0 spiro atoms. The maximum absolute atomic E-state index is 9.12. The number of hydrogen-bond acceptors (Lipinski definition) is 3. The van der Waals surface area contributed by atoms with E-state index < -0.39 is 0 Å². The molecule has 1 fully saturated rings. The van der Waals surface area contributed by atoms with Crippen molar-refractivity contribution in [3.8, 4) is 6.07 Å². The van der Waals surface area contributed by atoms with Crippen LogP contribution in [0.25, 0.3) is 0 Å². The quantitative estimate of drug-likeness (QED) is 0.853. The highest BCUT2D eigenvalue weighted by Gasteiger charge is 2.40. The number of hydrogen-bond donors (Lipinski definition) is 0. The molecule has 1 aromatic carbocycles. The molecule has 2 rings (SSSR count). The summed E-state index contributed by atoms with van der Waals surface area (Å²) in [7, 11) is 2.00. The zero-order chi connectivity index (χ0) is 11.6. The van der Waals surface area contributed by atoms with E-state index in [1.165, 1.54) is 0 Å². The lowest BCUT2D eigenvalue weighted by atomic mass is 9.87. The lowest BCUT2D eigenvalue weighted by Crippen LogP contribution is -2.49. The van der Waals surface area contributed by atoms with Gasteiger partial charge in [0, 0.05) is 23.8 Å². The van der Waals surface area contributed by atoms with Gasteiger partial charge in [0.05, 0.1) is 19.3 Å². The lowest BCUT2D eigenvalue weighted by molar-refractivity contribution is -0.0716. The van der Waals surface area contributed by atoms with E-state index in [0.717, 1.165) is 10.2 Å². The minimum Gasteiger partial charge on any atom is -0.378 e. The van der Waals surface area contributed by atoms with Gasteiger partial charge in [0.15, 0.2) is 0 Å². The summed E-state index contributed by atoms with van der Waals surface area (Å²) in [5.41, 5.74) is 0.785. The van der Waals surface area contributed by atoms with Gasteiger partial charge >= 0.3 is 0 Å². The van der Waals surface area contributed by atoms with Gasteiger partial charge < -0.3 is 9.64 Å². The molecular weight excluding hydrogens is 268 g/mol. The monoisotopic (exact) mass is 280 g/mol. The van der Waals surface area contributed by atoms with Crippen LogP contribution in [0.1, 0.15) is 0 Å². The highest BCUT2D eigenvalue weighted by atomic mass is 79.9. The van der Waals surface area contributed by atoms with Gasteiger partial charge in [-0.25, -0.2) is 0 Å². The summed E-state index contributed by atoms with van der Waals surface area (Å²) >= 11 is 3.44. The number of rotatable bonds is 3. The van der Waals surface area contributed by atoms with Crippen molar-refractivity contribution in [3.63, 3.8) is 0 Å². The molecule has 0 unspecified atom stereocenters. The first-order valence-electron chi connectivity index (χ1n) is 5.11. The Morgan fingerprint density at radius 3 is 2.81 bits per heavy atom. The Balaban J connectivity index is 2.08. The van der Waals surface area contributed by atoms with Gasteiger partial charge in [0.25, 0.3) is 0 Å². The molecule has 1 saturated heterocycles. The van der Waals surface area contributed by atoms with Gasteiger partial charge in [-0.2, -0.15) is 5.26 Å². The highest BCUT2D eigenvalue weighted by Crippen LogP contribution is 2.29. The number of nitrogens with zero attached hydrogens (tertiary/aromatic N) is 2. The third-order valence-corrected chi connectivity index (χ3v) is 3.28. The minimum absolute atomic E-state index is 0.322. The summed E-state index contributed by atoms with van der Waals surface area (Å²) in [6.45, 7) is 1.80. The van der Waals surface area contributed by atoms with Crippen LogP contribution in [0.15, 0.2) is 28.7 Å². The summed E-state index contributed by atoms with van der Waals surface area (Å²) in [6, 6.07) is 10.4. The van der Waals surface area contributed by atoms with E-state index in [1.807, 2.05) is 31.3 Å². The predicted octanol–water partition coefficient (Wildman–Crippen LogP) is 2.43. The molecule has 4 heteroatoms. The van der Waals surface area contributed by atoms with Crippen LogP contribution in [0.2, 0.25) is 0 Å². The Bertz CT molecular complexity index is 423. The van der Waals surface area contributed by atoms with E-state index in [-0.39, 0.29) is 5.41 Å². The first kappa shape index (κ1) is 11.4. The van der Waals surface area contributed by atoms with Gasteiger partial charge in [-0.3, -0.25) is 0 Å². The third kappa shape index (κ3) is 2.21. The maximum Gasteiger partial charge on any atom is 0.121 e. The SMILES string of the molecule is CN(CC1(C#N)COC1)c1cccc(Br)c1. The van der Waals surface area contributed by atoms with Crippen LogP contribution in [-0.2, 0) is 4.74 Å². The first-order valence-corrected chi connectivity index (χ1v) is 5.90. The average Bonchev–Trinajstić information content (AvgIpc) is 2.23. The van der Waals surface area contributed by atoms with Gasteiger partial charge in [-0.05, 0) is 18.2 Å². The normalized spacial score (nSPS) is 17.3. The van der Waals surface area contributed by atoms with Gasteiger partial charge in [0.2, 0.25) is 0 Å². The molecule has 16 heavy (non-hydrogen) atoms. The van der Waals surface area contributed by atoms with E-state index in [9.17, 15) is 0 Å². The second kappa shape index (κ2) is 4.44. The van der Waals surface area contributed by atoms with Crippen molar-refractivity contribution in [1.82, 2.24) is 0 Å². The molecule has 0 saturated carbocycles. The standard InChI is InChI=1S/C12H13BrN2O/c1-15(7-12(6-14)8-16-9-12)11-4-2-3-10(13)5-11/h2-5H,7-9H2,1H3. The highest BCUT2D eigenvalue weighted by molar-refractivity contribution is 9.10. The van der Waals surface area contributed by atoms with Crippen LogP contribution in [0.3, 0.4) is 0 Å². The topological polar surface area (TPSA) is 36.3 Å². The van der Waals surface area contributed by atoms with Crippen molar-refractivity contribution >= 4 is 21.6 Å². The van der Waals surface area contributed by atoms with Crippen molar-refractivity contribution in [3.05, 3.63) is 28.7 Å². The second-order valence-electron chi connectivity index (χ2n) is 4.22. The molecule has 0 N–H and O–H groups in total. The zero-order valence-electron chi connectivity index (χ0n) is 9.11. The fourth-order valence-electron chi connectivity index (χ4n) is 1.80. The van der Waals surface area contributed by atoms with E-state index >= 15 is 0 Å². The Hall–Kier alpha value is -1.05. The van der Waals surface area contributed by atoms with Crippen molar-refractivity contribution < 1.29 is 4.74 Å². The van der Waals surface area contributed by atoms with Gasteiger partial charge in [-0.1, -0.05) is 22.0 Å². The molecule has 0 amide bonds. The summed E-state index contributed by atoms with van der Waals surface area (Å²) in [6.07, 6.45) is 0. The Morgan fingerprint density at radius 2 is 2.31 bits per heavy atom. The molecular formula is C12H13BrN2O. The molecule has 1 aliphatic rings. The Morgan fingerprint density at radius 1 is 1.56 bits per heavy atom.